The Bertz CT molecular complexity index is 435. The van der Waals surface area contributed by atoms with Crippen molar-refractivity contribution >= 4 is 18.6 Å². The Labute approximate surface area is 113 Å². The molecule has 0 aliphatic carbocycles. The highest BCUT2D eigenvalue weighted by atomic mass is 16.5. The van der Waals surface area contributed by atoms with Gasteiger partial charge in [0.15, 0.2) is 0 Å². The molecule has 0 aliphatic heterocycles. The predicted molar refractivity (Wildman–Crippen MR) is 72.1 cm³/mol. The second kappa shape index (κ2) is 6.70. The average molecular weight is 266 g/mol. The van der Waals surface area contributed by atoms with Gasteiger partial charge in [-0.2, -0.15) is 0 Å². The fraction of sp³-hybridized carbons (Fsp3) is 0.462. The summed E-state index contributed by atoms with van der Waals surface area (Å²) in [5, 5.41) is 28.1. The van der Waals surface area contributed by atoms with Crippen molar-refractivity contribution in [1.29, 1.82) is 0 Å². The van der Waals surface area contributed by atoms with Gasteiger partial charge in [-0.3, -0.25) is 4.79 Å². The molecular formula is C13H19BO5. The van der Waals surface area contributed by atoms with E-state index < -0.39 is 19.2 Å². The number of hydrogen-bond donors (Lipinski definition) is 3. The number of aliphatic hydroxyl groups is 1. The van der Waals surface area contributed by atoms with Crippen LogP contribution in [-0.4, -0.2) is 41.5 Å². The molecule has 0 amide bonds. The molecule has 1 rings (SSSR count). The second-order valence-corrected chi connectivity index (χ2v) is 4.65. The lowest BCUT2D eigenvalue weighted by Gasteiger charge is -2.15. The Hall–Kier alpha value is -1.37. The Morgan fingerprint density at radius 1 is 1.32 bits per heavy atom. The molecule has 0 saturated carbocycles. The fourth-order valence-corrected chi connectivity index (χ4v) is 2.08. The van der Waals surface area contributed by atoms with E-state index >= 15 is 0 Å². The lowest BCUT2D eigenvalue weighted by atomic mass is 9.77. The number of rotatable bonds is 5. The van der Waals surface area contributed by atoms with Crippen LogP contribution in [0, 0.1) is 13.8 Å². The van der Waals surface area contributed by atoms with E-state index in [0.29, 0.717) is 11.9 Å². The van der Waals surface area contributed by atoms with Crippen LogP contribution in [0.1, 0.15) is 23.1 Å². The molecule has 0 saturated heterocycles. The molecule has 1 unspecified atom stereocenters. The van der Waals surface area contributed by atoms with Gasteiger partial charge in [0.2, 0.25) is 0 Å². The minimum Gasteiger partial charge on any atom is -0.469 e. The lowest BCUT2D eigenvalue weighted by Crippen LogP contribution is -2.31. The third-order valence-electron chi connectivity index (χ3n) is 3.09. The first-order valence-corrected chi connectivity index (χ1v) is 6.06. The van der Waals surface area contributed by atoms with Gasteiger partial charge in [0.1, 0.15) is 0 Å². The molecular weight excluding hydrogens is 247 g/mol. The molecule has 5 nitrogen and oxygen atoms in total. The van der Waals surface area contributed by atoms with Crippen LogP contribution in [0.2, 0.25) is 0 Å². The zero-order chi connectivity index (χ0) is 14.6. The Morgan fingerprint density at radius 3 is 2.26 bits per heavy atom. The van der Waals surface area contributed by atoms with Crippen LogP contribution in [-0.2, 0) is 16.0 Å². The van der Waals surface area contributed by atoms with Crippen molar-refractivity contribution in [3.63, 3.8) is 0 Å². The summed E-state index contributed by atoms with van der Waals surface area (Å²) in [4.78, 5) is 11.1. The van der Waals surface area contributed by atoms with Crippen molar-refractivity contribution < 1.29 is 24.7 Å². The van der Waals surface area contributed by atoms with E-state index in [1.54, 1.807) is 12.1 Å². The number of hydrogen-bond acceptors (Lipinski definition) is 5. The number of carbonyl (C=O) groups is 1. The van der Waals surface area contributed by atoms with E-state index in [1.165, 1.54) is 7.11 Å². The molecule has 0 spiro atoms. The van der Waals surface area contributed by atoms with E-state index in [-0.39, 0.29) is 6.42 Å². The summed E-state index contributed by atoms with van der Waals surface area (Å²) in [7, 11) is -0.227. The van der Waals surface area contributed by atoms with Crippen LogP contribution in [0.3, 0.4) is 0 Å². The summed E-state index contributed by atoms with van der Waals surface area (Å²) in [6.07, 6.45) is -0.538. The first-order valence-electron chi connectivity index (χ1n) is 6.06. The van der Waals surface area contributed by atoms with Gasteiger partial charge in [-0.1, -0.05) is 12.1 Å². The lowest BCUT2D eigenvalue weighted by molar-refractivity contribution is -0.142. The van der Waals surface area contributed by atoms with Gasteiger partial charge in [0.05, 0.1) is 19.6 Å². The summed E-state index contributed by atoms with van der Waals surface area (Å²) in [6, 6.07) is 3.33. The maximum atomic E-state index is 11.1. The van der Waals surface area contributed by atoms with E-state index in [2.05, 4.69) is 4.74 Å². The van der Waals surface area contributed by atoms with Gasteiger partial charge in [-0.15, -0.1) is 0 Å². The van der Waals surface area contributed by atoms with Gasteiger partial charge in [0.25, 0.3) is 0 Å². The highest BCUT2D eigenvalue weighted by molar-refractivity contribution is 6.58. The number of aryl methyl sites for hydroxylation is 2. The van der Waals surface area contributed by atoms with Crippen molar-refractivity contribution in [2.75, 3.05) is 7.11 Å². The van der Waals surface area contributed by atoms with Crippen molar-refractivity contribution in [2.45, 2.75) is 32.8 Å². The number of esters is 1. The van der Waals surface area contributed by atoms with Crippen LogP contribution in [0.5, 0.6) is 0 Å². The number of benzene rings is 1. The van der Waals surface area contributed by atoms with E-state index in [4.69, 9.17) is 10.0 Å². The van der Waals surface area contributed by atoms with Crippen LogP contribution in [0.15, 0.2) is 12.1 Å². The quantitative estimate of drug-likeness (QED) is 0.491. The molecule has 0 aromatic heterocycles. The zero-order valence-electron chi connectivity index (χ0n) is 11.4. The SMILES string of the molecule is COC(=O)CC(O)Cc1c(C)cc(B(O)O)cc1C. The van der Waals surface area contributed by atoms with Crippen molar-refractivity contribution in [2.24, 2.45) is 0 Å². The Morgan fingerprint density at radius 2 is 1.84 bits per heavy atom. The maximum Gasteiger partial charge on any atom is 0.488 e. The maximum absolute atomic E-state index is 11.1. The minimum atomic E-state index is -1.51. The summed E-state index contributed by atoms with van der Waals surface area (Å²) in [6.45, 7) is 3.66. The van der Waals surface area contributed by atoms with Crippen molar-refractivity contribution in [3.05, 3.63) is 28.8 Å². The average Bonchev–Trinajstić information content (AvgIpc) is 2.33. The molecule has 0 bridgehead atoms. The first-order chi connectivity index (χ1) is 8.85. The summed E-state index contributed by atoms with van der Waals surface area (Å²) in [5.74, 6) is -0.454. The molecule has 1 aromatic rings. The van der Waals surface area contributed by atoms with Gasteiger partial charge >= 0.3 is 13.1 Å². The molecule has 104 valence electrons. The fourth-order valence-electron chi connectivity index (χ4n) is 2.08. The van der Waals surface area contributed by atoms with Crippen molar-refractivity contribution in [3.8, 4) is 0 Å². The molecule has 0 radical (unpaired) electrons. The van der Waals surface area contributed by atoms with E-state index in [1.807, 2.05) is 13.8 Å². The van der Waals surface area contributed by atoms with Crippen LogP contribution >= 0.6 is 0 Å². The molecule has 3 N–H and O–H groups in total. The number of ether oxygens (including phenoxy) is 1. The third kappa shape index (κ3) is 4.35. The summed E-state index contributed by atoms with van der Waals surface area (Å²) >= 11 is 0. The van der Waals surface area contributed by atoms with Gasteiger partial charge in [-0.25, -0.2) is 0 Å². The largest absolute Gasteiger partial charge is 0.488 e. The topological polar surface area (TPSA) is 87.0 Å². The Balaban J connectivity index is 2.87. The van der Waals surface area contributed by atoms with Gasteiger partial charge in [-0.05, 0) is 42.4 Å². The highest BCUT2D eigenvalue weighted by Crippen LogP contribution is 2.16. The molecule has 19 heavy (non-hydrogen) atoms. The second-order valence-electron chi connectivity index (χ2n) is 4.65. The molecule has 6 heteroatoms. The van der Waals surface area contributed by atoms with Crippen molar-refractivity contribution in [1.82, 2.24) is 0 Å². The normalized spacial score (nSPS) is 12.1. The predicted octanol–water partition coefficient (Wildman–Crippen LogP) is -0.550. The molecule has 0 aliphatic rings. The van der Waals surface area contributed by atoms with E-state index in [9.17, 15) is 9.90 Å². The van der Waals surface area contributed by atoms with Gasteiger partial charge in [0, 0.05) is 0 Å². The third-order valence-corrected chi connectivity index (χ3v) is 3.09. The highest BCUT2D eigenvalue weighted by Gasteiger charge is 2.17. The smallest absolute Gasteiger partial charge is 0.469 e. The molecule has 1 aromatic carbocycles. The first kappa shape index (κ1) is 15.7. The van der Waals surface area contributed by atoms with E-state index in [0.717, 1.165) is 16.7 Å². The molecule has 0 fully saturated rings. The van der Waals surface area contributed by atoms with Crippen LogP contribution in [0.4, 0.5) is 0 Å². The van der Waals surface area contributed by atoms with Crippen LogP contribution < -0.4 is 5.46 Å². The monoisotopic (exact) mass is 266 g/mol. The minimum absolute atomic E-state index is 0.0558. The van der Waals surface area contributed by atoms with Gasteiger partial charge < -0.3 is 19.9 Å². The summed E-state index contributed by atoms with van der Waals surface area (Å²) in [5.41, 5.74) is 3.03. The summed E-state index contributed by atoms with van der Waals surface area (Å²) < 4.78 is 4.50. The number of methoxy groups -OCH3 is 1. The Kier molecular flexibility index (Phi) is 5.53. The molecule has 1 atom stereocenters. The molecule has 0 heterocycles. The zero-order valence-corrected chi connectivity index (χ0v) is 11.4. The number of carbonyl (C=O) groups excluding carboxylic acids is 1. The number of aliphatic hydroxyl groups excluding tert-OH is 1. The van der Waals surface area contributed by atoms with Crippen LogP contribution in [0.25, 0.3) is 0 Å². The standard InChI is InChI=1S/C13H19BO5/c1-8-4-10(14(17)18)5-9(2)12(8)6-11(15)7-13(16)19-3/h4-5,11,15,17-18H,6-7H2,1-3H3.